The molecule has 4 atom stereocenters. The molecule has 0 saturated carbocycles. The van der Waals surface area contributed by atoms with Crippen LogP contribution in [-0.4, -0.2) is 46.7 Å². The van der Waals surface area contributed by atoms with Gasteiger partial charge in [-0.3, -0.25) is 29.3 Å². The number of esters is 2. The Morgan fingerprint density at radius 2 is 1.84 bits per heavy atom. The number of nitro groups is 1. The van der Waals surface area contributed by atoms with Gasteiger partial charge in [-0.15, -0.1) is 0 Å². The van der Waals surface area contributed by atoms with Gasteiger partial charge in [-0.2, -0.15) is 0 Å². The summed E-state index contributed by atoms with van der Waals surface area (Å²) < 4.78 is 16.2. The Balaban J connectivity index is 1.78. The van der Waals surface area contributed by atoms with Gasteiger partial charge in [0, 0.05) is 26.0 Å². The minimum atomic E-state index is -1.68. The number of carbonyl (C=O) groups is 4. The van der Waals surface area contributed by atoms with Crippen molar-refractivity contribution >= 4 is 35.1 Å². The molecule has 0 radical (unpaired) electrons. The maximum atomic E-state index is 13.4. The highest BCUT2D eigenvalue weighted by atomic mass is 16.7. The Labute approximate surface area is 175 Å². The normalized spacial score (nSPS) is 28.3. The fourth-order valence-corrected chi connectivity index (χ4v) is 4.41. The number of rotatable bonds is 5. The van der Waals surface area contributed by atoms with Gasteiger partial charge >= 0.3 is 11.9 Å². The van der Waals surface area contributed by atoms with Crippen LogP contribution in [0.4, 0.5) is 11.4 Å². The molecule has 1 aromatic rings. The molecule has 0 N–H and O–H groups in total. The van der Waals surface area contributed by atoms with Crippen molar-refractivity contribution in [2.24, 2.45) is 11.8 Å². The zero-order chi connectivity index (χ0) is 22.7. The first-order valence-electron chi connectivity index (χ1n) is 9.41. The summed E-state index contributed by atoms with van der Waals surface area (Å²) in [5.41, 5.74) is -1.38. The lowest BCUT2D eigenvalue weighted by molar-refractivity contribution is -0.384. The highest BCUT2D eigenvalue weighted by molar-refractivity contribution is 6.23. The molecule has 3 heterocycles. The van der Waals surface area contributed by atoms with Crippen LogP contribution in [0.25, 0.3) is 0 Å². The van der Waals surface area contributed by atoms with E-state index in [9.17, 15) is 29.3 Å². The molecule has 2 amide bonds. The summed E-state index contributed by atoms with van der Waals surface area (Å²) in [5.74, 6) is -4.92. The van der Waals surface area contributed by atoms with Crippen LogP contribution < -0.4 is 4.90 Å². The third-order valence-electron chi connectivity index (χ3n) is 5.64. The Kier molecular flexibility index (Phi) is 4.65. The lowest BCUT2D eigenvalue weighted by atomic mass is 9.76. The fraction of sp³-hybridized carbons (Fsp3) is 0.400. The molecule has 3 aliphatic rings. The van der Waals surface area contributed by atoms with Gasteiger partial charge in [0.05, 0.1) is 28.6 Å². The number of amides is 2. The Hall–Kier alpha value is -3.60. The van der Waals surface area contributed by atoms with E-state index < -0.39 is 58.5 Å². The standard InChI is InChI=1S/C20H18N2O9/c1-9-4-5-12(22(27)28)8-13(9)21-17(25)15-14-6-7-20(31-14,16(15)18(21)26)19(29-10(2)23)30-11(3)24/h4-8,14-16,19H,1-3H3/t14-,15-,16-,20+/m1/s1. The molecule has 2 saturated heterocycles. The number of fused-ring (bicyclic) bond motifs is 5. The minimum Gasteiger partial charge on any atom is -0.422 e. The van der Waals surface area contributed by atoms with Gasteiger partial charge in [0.1, 0.15) is 0 Å². The fourth-order valence-electron chi connectivity index (χ4n) is 4.41. The number of hydrogen-bond acceptors (Lipinski definition) is 9. The summed E-state index contributed by atoms with van der Waals surface area (Å²) in [6.45, 7) is 3.83. The van der Waals surface area contributed by atoms with Gasteiger partial charge in [-0.05, 0) is 18.6 Å². The zero-order valence-corrected chi connectivity index (χ0v) is 16.8. The summed E-state index contributed by atoms with van der Waals surface area (Å²) in [6.07, 6.45) is 0.626. The molecule has 0 unspecified atom stereocenters. The van der Waals surface area contributed by atoms with Crippen molar-refractivity contribution < 1.29 is 38.3 Å². The second-order valence-corrected chi connectivity index (χ2v) is 7.59. The molecule has 1 aromatic carbocycles. The summed E-state index contributed by atoms with van der Waals surface area (Å²) in [7, 11) is 0. The van der Waals surface area contributed by atoms with Gasteiger partial charge in [0.2, 0.25) is 11.8 Å². The molecule has 0 aromatic heterocycles. The van der Waals surface area contributed by atoms with Crippen LogP contribution in [0.1, 0.15) is 19.4 Å². The lowest BCUT2D eigenvalue weighted by Crippen LogP contribution is -2.52. The Bertz CT molecular complexity index is 1050. The molecule has 2 fully saturated rings. The van der Waals surface area contributed by atoms with Gasteiger partial charge in [-0.1, -0.05) is 12.1 Å². The summed E-state index contributed by atoms with van der Waals surface area (Å²) in [6, 6.07) is 3.88. The van der Waals surface area contributed by atoms with Crippen LogP contribution in [0.3, 0.4) is 0 Å². The molecule has 162 valence electrons. The van der Waals surface area contributed by atoms with Crippen molar-refractivity contribution in [1.29, 1.82) is 0 Å². The molecule has 3 aliphatic heterocycles. The SMILES string of the molecule is CC(=O)OC(OC(C)=O)[C@@]12C=C[C@@H](O1)[C@H]1C(=O)N(c3cc([N+](=O)[O-])ccc3C)C(=O)[C@@H]12. The van der Waals surface area contributed by atoms with Crippen LogP contribution in [-0.2, 0) is 33.4 Å². The molecular weight excluding hydrogens is 412 g/mol. The highest BCUT2D eigenvalue weighted by Gasteiger charge is 2.72. The molecule has 4 rings (SSSR count). The molecule has 0 spiro atoms. The summed E-state index contributed by atoms with van der Waals surface area (Å²) in [4.78, 5) is 61.4. The van der Waals surface area contributed by atoms with E-state index in [0.717, 1.165) is 24.8 Å². The number of carbonyl (C=O) groups excluding carboxylic acids is 4. The lowest BCUT2D eigenvalue weighted by Gasteiger charge is -2.34. The van der Waals surface area contributed by atoms with Crippen LogP contribution in [0.2, 0.25) is 0 Å². The summed E-state index contributed by atoms with van der Waals surface area (Å²) in [5, 5.41) is 11.2. The molecule has 11 heteroatoms. The quantitative estimate of drug-likeness (QED) is 0.168. The van der Waals surface area contributed by atoms with Crippen molar-refractivity contribution in [2.45, 2.75) is 38.8 Å². The van der Waals surface area contributed by atoms with Gasteiger partial charge in [0.25, 0.3) is 12.0 Å². The third kappa shape index (κ3) is 3.00. The topological polar surface area (TPSA) is 142 Å². The highest BCUT2D eigenvalue weighted by Crippen LogP contribution is 2.55. The number of nitrogens with zero attached hydrogens (tertiary/aromatic N) is 2. The van der Waals surface area contributed by atoms with E-state index in [-0.39, 0.29) is 11.4 Å². The van der Waals surface area contributed by atoms with Gasteiger partial charge in [0.15, 0.2) is 5.60 Å². The van der Waals surface area contributed by atoms with Crippen molar-refractivity contribution in [3.8, 4) is 0 Å². The van der Waals surface area contributed by atoms with Crippen molar-refractivity contribution in [3.63, 3.8) is 0 Å². The number of benzene rings is 1. The van der Waals surface area contributed by atoms with Crippen LogP contribution in [0, 0.1) is 28.9 Å². The first kappa shape index (κ1) is 20.7. The average Bonchev–Trinajstić information content (AvgIpc) is 3.32. The van der Waals surface area contributed by atoms with E-state index in [1.54, 1.807) is 13.0 Å². The van der Waals surface area contributed by atoms with Crippen LogP contribution in [0.15, 0.2) is 30.4 Å². The molecule has 31 heavy (non-hydrogen) atoms. The average molecular weight is 430 g/mol. The number of imide groups is 1. The van der Waals surface area contributed by atoms with Gasteiger partial charge in [-0.25, -0.2) is 4.90 Å². The maximum Gasteiger partial charge on any atom is 0.305 e. The van der Waals surface area contributed by atoms with Gasteiger partial charge < -0.3 is 14.2 Å². The smallest absolute Gasteiger partial charge is 0.305 e. The second-order valence-electron chi connectivity index (χ2n) is 7.59. The monoisotopic (exact) mass is 430 g/mol. The number of aryl methyl sites for hydroxylation is 1. The predicted molar refractivity (Wildman–Crippen MR) is 101 cm³/mol. The third-order valence-corrected chi connectivity index (χ3v) is 5.64. The maximum absolute atomic E-state index is 13.4. The van der Waals surface area contributed by atoms with E-state index in [1.807, 2.05) is 0 Å². The second kappa shape index (κ2) is 6.98. The minimum absolute atomic E-state index is 0.0877. The molecular formula is C20H18N2O9. The van der Waals surface area contributed by atoms with E-state index in [2.05, 4.69) is 0 Å². The number of hydrogen-bond donors (Lipinski definition) is 0. The van der Waals surface area contributed by atoms with Crippen molar-refractivity contribution in [2.75, 3.05) is 4.90 Å². The number of nitro benzene ring substituents is 1. The molecule has 11 nitrogen and oxygen atoms in total. The molecule has 0 aliphatic carbocycles. The van der Waals surface area contributed by atoms with Crippen LogP contribution >= 0.6 is 0 Å². The number of non-ortho nitro benzene ring substituents is 1. The van der Waals surface area contributed by atoms with Crippen molar-refractivity contribution in [1.82, 2.24) is 0 Å². The predicted octanol–water partition coefficient (Wildman–Crippen LogP) is 1.17. The van der Waals surface area contributed by atoms with E-state index in [0.29, 0.717) is 5.56 Å². The van der Waals surface area contributed by atoms with E-state index in [1.165, 1.54) is 18.2 Å². The largest absolute Gasteiger partial charge is 0.422 e. The van der Waals surface area contributed by atoms with E-state index in [4.69, 9.17) is 14.2 Å². The van der Waals surface area contributed by atoms with Crippen LogP contribution in [0.5, 0.6) is 0 Å². The molecule has 2 bridgehead atoms. The first-order chi connectivity index (χ1) is 14.6. The summed E-state index contributed by atoms with van der Waals surface area (Å²) >= 11 is 0. The Morgan fingerprint density at radius 3 is 2.42 bits per heavy atom. The number of anilines is 1. The van der Waals surface area contributed by atoms with Crippen molar-refractivity contribution in [3.05, 3.63) is 46.0 Å². The first-order valence-corrected chi connectivity index (χ1v) is 9.41. The number of ether oxygens (including phenoxy) is 3. The van der Waals surface area contributed by atoms with E-state index >= 15 is 0 Å². The zero-order valence-electron chi connectivity index (χ0n) is 16.8. The Morgan fingerprint density at radius 1 is 1.19 bits per heavy atom.